The van der Waals surface area contributed by atoms with E-state index in [2.05, 4.69) is 16.3 Å². The molecule has 0 bridgehead atoms. The topological polar surface area (TPSA) is 94.8 Å². The molecular formula is C20H18N2O5S2. The normalized spacial score (nSPS) is 12.1. The van der Waals surface area contributed by atoms with Crippen molar-refractivity contribution in [1.82, 2.24) is 4.57 Å². The zero-order valence-electron chi connectivity index (χ0n) is 15.8. The minimum Gasteiger partial charge on any atom is -0.465 e. The van der Waals surface area contributed by atoms with E-state index in [1.54, 1.807) is 22.8 Å². The fourth-order valence-corrected chi connectivity index (χ4v) is 4.49. The van der Waals surface area contributed by atoms with Crippen molar-refractivity contribution in [3.8, 4) is 0 Å². The molecule has 1 heterocycles. The van der Waals surface area contributed by atoms with Gasteiger partial charge in [0.15, 0.2) is 14.6 Å². The van der Waals surface area contributed by atoms with Gasteiger partial charge < -0.3 is 9.30 Å². The van der Waals surface area contributed by atoms with Crippen molar-refractivity contribution in [2.75, 3.05) is 13.4 Å². The van der Waals surface area contributed by atoms with Gasteiger partial charge in [0.25, 0.3) is 5.91 Å². The third kappa shape index (κ3) is 4.36. The monoisotopic (exact) mass is 430 g/mol. The molecule has 0 spiro atoms. The maximum absolute atomic E-state index is 12.6. The Balaban J connectivity index is 2.08. The van der Waals surface area contributed by atoms with E-state index < -0.39 is 21.7 Å². The first-order chi connectivity index (χ1) is 13.7. The number of fused-ring (bicyclic) bond motifs is 1. The van der Waals surface area contributed by atoms with Crippen LogP contribution in [0.3, 0.4) is 0 Å². The highest BCUT2D eigenvalue weighted by molar-refractivity contribution is 7.90. The molecule has 0 unspecified atom stereocenters. The number of allylic oxidation sites excluding steroid dienone is 1. The molecule has 0 saturated carbocycles. The maximum atomic E-state index is 12.6. The maximum Gasteiger partial charge on any atom is 0.337 e. The Morgan fingerprint density at radius 3 is 2.41 bits per heavy atom. The molecule has 0 radical (unpaired) electrons. The van der Waals surface area contributed by atoms with E-state index in [4.69, 9.17) is 0 Å². The molecule has 1 aromatic heterocycles. The highest BCUT2D eigenvalue weighted by Crippen LogP contribution is 2.22. The molecule has 29 heavy (non-hydrogen) atoms. The predicted molar refractivity (Wildman–Crippen MR) is 111 cm³/mol. The second-order valence-electron chi connectivity index (χ2n) is 6.17. The minimum atomic E-state index is -3.35. The van der Waals surface area contributed by atoms with Crippen LogP contribution >= 0.6 is 11.3 Å². The summed E-state index contributed by atoms with van der Waals surface area (Å²) in [5.41, 5.74) is 1.41. The molecule has 150 valence electrons. The molecule has 2 aromatic carbocycles. The van der Waals surface area contributed by atoms with E-state index in [0.717, 1.165) is 11.8 Å². The van der Waals surface area contributed by atoms with Crippen LogP contribution in [0.15, 0.2) is 65.0 Å². The number of hydrogen-bond acceptors (Lipinski definition) is 6. The summed E-state index contributed by atoms with van der Waals surface area (Å²) in [5, 5.41) is 0. The first-order valence-electron chi connectivity index (χ1n) is 8.46. The van der Waals surface area contributed by atoms with Crippen LogP contribution in [0.1, 0.15) is 20.7 Å². The lowest BCUT2D eigenvalue weighted by molar-refractivity contribution is 0.0600. The summed E-state index contributed by atoms with van der Waals surface area (Å²) in [6.45, 7) is 4.14. The van der Waals surface area contributed by atoms with Crippen LogP contribution in [-0.2, 0) is 21.1 Å². The van der Waals surface area contributed by atoms with E-state index in [-0.39, 0.29) is 4.90 Å². The third-order valence-electron chi connectivity index (χ3n) is 4.14. The molecule has 0 aliphatic heterocycles. The van der Waals surface area contributed by atoms with Gasteiger partial charge in [0, 0.05) is 18.4 Å². The van der Waals surface area contributed by atoms with Crippen LogP contribution in [0.2, 0.25) is 0 Å². The largest absolute Gasteiger partial charge is 0.465 e. The lowest BCUT2D eigenvalue weighted by Crippen LogP contribution is -2.16. The number of rotatable bonds is 5. The zero-order chi connectivity index (χ0) is 21.2. The lowest BCUT2D eigenvalue weighted by Gasteiger charge is -2.02. The van der Waals surface area contributed by atoms with Crippen molar-refractivity contribution in [1.29, 1.82) is 0 Å². The van der Waals surface area contributed by atoms with Crippen molar-refractivity contribution in [2.45, 2.75) is 11.4 Å². The number of thiazole rings is 1. The number of sulfone groups is 1. The number of carbonyl (C=O) groups is 2. The van der Waals surface area contributed by atoms with Gasteiger partial charge in [0.2, 0.25) is 0 Å². The molecule has 0 N–H and O–H groups in total. The smallest absolute Gasteiger partial charge is 0.337 e. The summed E-state index contributed by atoms with van der Waals surface area (Å²) in [5.74, 6) is -0.968. The van der Waals surface area contributed by atoms with Crippen LogP contribution in [-0.4, -0.2) is 38.2 Å². The fourth-order valence-electron chi connectivity index (χ4n) is 2.69. The van der Waals surface area contributed by atoms with Gasteiger partial charge in [0.1, 0.15) is 0 Å². The van der Waals surface area contributed by atoms with Crippen molar-refractivity contribution in [3.63, 3.8) is 0 Å². The summed E-state index contributed by atoms with van der Waals surface area (Å²) < 4.78 is 30.8. The number of methoxy groups -OCH3 is 1. The van der Waals surface area contributed by atoms with E-state index in [0.29, 0.717) is 27.2 Å². The summed E-state index contributed by atoms with van der Waals surface area (Å²) in [4.78, 5) is 29.0. The molecule has 0 atom stereocenters. The van der Waals surface area contributed by atoms with Gasteiger partial charge in [-0.15, -0.1) is 6.58 Å². The Hall–Kier alpha value is -3.04. The molecule has 3 rings (SSSR count). The van der Waals surface area contributed by atoms with Gasteiger partial charge in [0.05, 0.1) is 27.8 Å². The number of benzene rings is 2. The molecule has 7 nitrogen and oxygen atoms in total. The van der Waals surface area contributed by atoms with Crippen molar-refractivity contribution in [3.05, 3.63) is 71.0 Å². The quantitative estimate of drug-likeness (QED) is 0.458. The number of carbonyl (C=O) groups excluding carboxylic acids is 2. The molecular weight excluding hydrogens is 412 g/mol. The van der Waals surface area contributed by atoms with Crippen molar-refractivity contribution < 1.29 is 22.7 Å². The summed E-state index contributed by atoms with van der Waals surface area (Å²) in [6.07, 6.45) is 2.82. The highest BCUT2D eigenvalue weighted by atomic mass is 32.2. The number of aromatic nitrogens is 1. The van der Waals surface area contributed by atoms with Crippen LogP contribution in [0, 0.1) is 0 Å². The molecule has 0 fully saturated rings. The Bertz CT molecular complexity index is 1280. The first kappa shape index (κ1) is 20.7. The number of ether oxygens (including phenoxy) is 1. The Morgan fingerprint density at radius 1 is 1.17 bits per heavy atom. The number of nitrogens with zero attached hydrogens (tertiary/aromatic N) is 2. The standard InChI is InChI=1S/C20H18N2O5S2/c1-4-11-22-16-10-9-15(29(3,25)26)12-17(16)28-20(22)21-18(23)13-5-7-14(8-6-13)19(24)27-2/h4-10,12H,1,11H2,2-3H3. The number of amides is 1. The van der Waals surface area contributed by atoms with Crippen molar-refractivity contribution >= 4 is 43.3 Å². The van der Waals surface area contributed by atoms with Crippen LogP contribution in [0.4, 0.5) is 0 Å². The molecule has 3 aromatic rings. The molecule has 1 amide bonds. The number of esters is 1. The van der Waals surface area contributed by atoms with E-state index >= 15 is 0 Å². The SMILES string of the molecule is C=CCn1c(=NC(=O)c2ccc(C(=O)OC)cc2)sc2cc(S(C)(=O)=O)ccc21. The van der Waals surface area contributed by atoms with Gasteiger partial charge in [-0.05, 0) is 42.5 Å². The molecule has 0 aliphatic rings. The second kappa shape index (κ2) is 8.14. The molecule has 0 aliphatic carbocycles. The van der Waals surface area contributed by atoms with Crippen molar-refractivity contribution in [2.24, 2.45) is 4.99 Å². The Morgan fingerprint density at radius 2 is 1.83 bits per heavy atom. The van der Waals surface area contributed by atoms with Gasteiger partial charge >= 0.3 is 5.97 Å². The Kier molecular flexibility index (Phi) is 5.81. The fraction of sp³-hybridized carbons (Fsp3) is 0.150. The second-order valence-corrected chi connectivity index (χ2v) is 9.20. The average molecular weight is 431 g/mol. The summed E-state index contributed by atoms with van der Waals surface area (Å²) in [6, 6.07) is 10.8. The van der Waals surface area contributed by atoms with Gasteiger partial charge in [-0.25, -0.2) is 13.2 Å². The van der Waals surface area contributed by atoms with E-state index in [1.165, 1.54) is 48.8 Å². The minimum absolute atomic E-state index is 0.202. The van der Waals surface area contributed by atoms with E-state index in [9.17, 15) is 18.0 Å². The summed E-state index contributed by atoms with van der Waals surface area (Å²) >= 11 is 1.22. The van der Waals surface area contributed by atoms with E-state index in [1.807, 2.05) is 0 Å². The van der Waals surface area contributed by atoms with Crippen LogP contribution < -0.4 is 4.80 Å². The van der Waals surface area contributed by atoms with Gasteiger partial charge in [-0.3, -0.25) is 4.79 Å². The predicted octanol–water partition coefficient (Wildman–Crippen LogP) is 2.82. The lowest BCUT2D eigenvalue weighted by atomic mass is 10.1. The highest BCUT2D eigenvalue weighted by Gasteiger charge is 2.13. The third-order valence-corrected chi connectivity index (χ3v) is 6.30. The Labute approximate surface area is 171 Å². The van der Waals surface area contributed by atoms with Crippen LogP contribution in [0.5, 0.6) is 0 Å². The summed E-state index contributed by atoms with van der Waals surface area (Å²) in [7, 11) is -2.06. The van der Waals surface area contributed by atoms with Gasteiger partial charge in [-0.1, -0.05) is 17.4 Å². The molecule has 9 heteroatoms. The molecule has 0 saturated heterocycles. The zero-order valence-corrected chi connectivity index (χ0v) is 17.4. The first-order valence-corrected chi connectivity index (χ1v) is 11.2. The van der Waals surface area contributed by atoms with Crippen LogP contribution in [0.25, 0.3) is 10.2 Å². The number of hydrogen-bond donors (Lipinski definition) is 0. The van der Waals surface area contributed by atoms with Gasteiger partial charge in [-0.2, -0.15) is 4.99 Å². The average Bonchev–Trinajstić information content (AvgIpc) is 3.03.